The Hall–Kier alpha value is -2.23. The van der Waals surface area contributed by atoms with E-state index >= 15 is 0 Å². The lowest BCUT2D eigenvalue weighted by Crippen LogP contribution is -2.25. The van der Waals surface area contributed by atoms with E-state index in [9.17, 15) is 14.4 Å². The zero-order valence-corrected chi connectivity index (χ0v) is 11.0. The number of fused-ring (bicyclic) bond motifs is 1. The van der Waals surface area contributed by atoms with E-state index in [0.717, 1.165) is 6.08 Å². The monoisotopic (exact) mass is 258 g/mol. The summed E-state index contributed by atoms with van der Waals surface area (Å²) < 4.78 is 5.25. The molecule has 0 atom stereocenters. The number of ketones is 2. The molecule has 1 aliphatic rings. The van der Waals surface area contributed by atoms with Crippen LogP contribution in [0.2, 0.25) is 0 Å². The van der Waals surface area contributed by atoms with Gasteiger partial charge in [-0.1, -0.05) is 24.3 Å². The number of ether oxygens (including phenoxy) is 1. The van der Waals surface area contributed by atoms with Crippen LogP contribution in [0.1, 0.15) is 36.7 Å². The summed E-state index contributed by atoms with van der Waals surface area (Å²) >= 11 is 0. The maximum absolute atomic E-state index is 11.9. The summed E-state index contributed by atoms with van der Waals surface area (Å²) in [6.07, 6.45) is 1.08. The highest BCUT2D eigenvalue weighted by molar-refractivity contribution is 6.50. The van der Waals surface area contributed by atoms with Crippen molar-refractivity contribution in [3.8, 4) is 0 Å². The van der Waals surface area contributed by atoms with Gasteiger partial charge in [-0.15, -0.1) is 0 Å². The van der Waals surface area contributed by atoms with Crippen molar-refractivity contribution in [1.82, 2.24) is 0 Å². The highest BCUT2D eigenvalue weighted by atomic mass is 16.5. The fourth-order valence-electron chi connectivity index (χ4n) is 1.63. The highest BCUT2D eigenvalue weighted by Crippen LogP contribution is 2.28. The minimum absolute atomic E-state index is 0.139. The predicted molar refractivity (Wildman–Crippen MR) is 69.3 cm³/mol. The van der Waals surface area contributed by atoms with Crippen LogP contribution in [-0.4, -0.2) is 17.5 Å². The van der Waals surface area contributed by atoms with Crippen molar-refractivity contribution in [2.45, 2.75) is 20.8 Å². The summed E-state index contributed by atoms with van der Waals surface area (Å²) in [4.78, 5) is 35.2. The summed E-state index contributed by atoms with van der Waals surface area (Å²) in [5, 5.41) is 0. The molecule has 0 fully saturated rings. The van der Waals surface area contributed by atoms with Gasteiger partial charge in [-0.3, -0.25) is 14.4 Å². The molecule has 0 aromatic heterocycles. The molecule has 1 aromatic carbocycles. The zero-order valence-electron chi connectivity index (χ0n) is 11.0. The molecule has 0 bridgehead atoms. The minimum Gasteiger partial charge on any atom is -0.425 e. The Kier molecular flexibility index (Phi) is 3.10. The Labute approximate surface area is 111 Å². The zero-order chi connectivity index (χ0) is 14.2. The van der Waals surface area contributed by atoms with Crippen LogP contribution < -0.4 is 0 Å². The number of rotatable bonds is 1. The van der Waals surface area contributed by atoms with Gasteiger partial charge in [0.25, 0.3) is 0 Å². The molecule has 19 heavy (non-hydrogen) atoms. The average Bonchev–Trinajstić information content (AvgIpc) is 2.34. The number of esters is 1. The minimum atomic E-state index is -0.680. The number of allylic oxidation sites excluding steroid dienone is 1. The van der Waals surface area contributed by atoms with E-state index in [2.05, 4.69) is 0 Å². The summed E-state index contributed by atoms with van der Waals surface area (Å²) in [6.45, 7) is 5.16. The second-order valence-corrected chi connectivity index (χ2v) is 5.39. The molecule has 0 radical (unpaired) electrons. The largest absolute Gasteiger partial charge is 0.425 e. The molecule has 0 unspecified atom stereocenters. The molecule has 1 aromatic rings. The van der Waals surface area contributed by atoms with E-state index in [1.807, 2.05) is 0 Å². The van der Waals surface area contributed by atoms with E-state index in [4.69, 9.17) is 4.74 Å². The van der Waals surface area contributed by atoms with E-state index < -0.39 is 23.0 Å². The van der Waals surface area contributed by atoms with Crippen molar-refractivity contribution in [3.05, 3.63) is 41.5 Å². The van der Waals surface area contributed by atoms with Crippen molar-refractivity contribution in [3.63, 3.8) is 0 Å². The average molecular weight is 258 g/mol. The normalized spacial score (nSPS) is 14.8. The van der Waals surface area contributed by atoms with Crippen molar-refractivity contribution >= 4 is 23.3 Å². The summed E-state index contributed by atoms with van der Waals surface area (Å²) in [5.74, 6) is -1.56. The van der Waals surface area contributed by atoms with Crippen LogP contribution >= 0.6 is 0 Å². The van der Waals surface area contributed by atoms with E-state index in [1.54, 1.807) is 45.0 Å². The SMILES string of the molecule is CC(C)(C)C(=O)OC1=CC(=O)C(=O)c2ccccc21. The Morgan fingerprint density at radius 1 is 1.05 bits per heavy atom. The number of hydrogen-bond donors (Lipinski definition) is 0. The van der Waals surface area contributed by atoms with Gasteiger partial charge < -0.3 is 4.74 Å². The van der Waals surface area contributed by atoms with Crippen LogP contribution in [-0.2, 0) is 14.3 Å². The molecule has 0 amide bonds. The number of benzene rings is 1. The van der Waals surface area contributed by atoms with Gasteiger partial charge in [-0.25, -0.2) is 0 Å². The number of carbonyl (C=O) groups is 3. The van der Waals surface area contributed by atoms with Crippen LogP contribution in [0.15, 0.2) is 30.3 Å². The molecule has 0 spiro atoms. The molecule has 2 rings (SSSR count). The summed E-state index contributed by atoms with van der Waals surface area (Å²) in [6, 6.07) is 6.59. The first-order valence-electron chi connectivity index (χ1n) is 5.93. The first kappa shape index (κ1) is 13.2. The Morgan fingerprint density at radius 2 is 1.63 bits per heavy atom. The third-order valence-corrected chi connectivity index (χ3v) is 2.74. The second kappa shape index (κ2) is 4.46. The molecular formula is C15H14O4. The number of Topliss-reactive ketones (excluding diaryl/α,β-unsaturated/α-hetero) is 1. The first-order chi connectivity index (χ1) is 8.80. The lowest BCUT2D eigenvalue weighted by molar-refractivity contribution is -0.145. The number of carbonyl (C=O) groups excluding carboxylic acids is 3. The van der Waals surface area contributed by atoms with E-state index in [0.29, 0.717) is 5.56 Å². The number of hydrogen-bond acceptors (Lipinski definition) is 4. The molecule has 0 N–H and O–H groups in total. The van der Waals surface area contributed by atoms with Gasteiger partial charge in [0, 0.05) is 17.2 Å². The van der Waals surface area contributed by atoms with Crippen LogP contribution in [0.25, 0.3) is 5.76 Å². The fourth-order valence-corrected chi connectivity index (χ4v) is 1.63. The Balaban J connectivity index is 2.42. The van der Waals surface area contributed by atoms with Crippen LogP contribution in [0.5, 0.6) is 0 Å². The van der Waals surface area contributed by atoms with Gasteiger partial charge in [-0.2, -0.15) is 0 Å². The van der Waals surface area contributed by atoms with E-state index in [-0.39, 0.29) is 11.3 Å². The standard InChI is InChI=1S/C15H14O4/c1-15(2,3)14(18)19-12-8-11(16)13(17)10-7-5-4-6-9(10)12/h4-8H,1-3H3. The molecule has 98 valence electrons. The Bertz CT molecular complexity index is 603. The third kappa shape index (κ3) is 2.47. The predicted octanol–water partition coefficient (Wildman–Crippen LogP) is 2.38. The van der Waals surface area contributed by atoms with Crippen LogP contribution in [0, 0.1) is 5.41 Å². The second-order valence-electron chi connectivity index (χ2n) is 5.39. The molecule has 4 nitrogen and oxygen atoms in total. The lowest BCUT2D eigenvalue weighted by atomic mass is 9.93. The topological polar surface area (TPSA) is 60.4 Å². The quantitative estimate of drug-likeness (QED) is 0.573. The fraction of sp³-hybridized carbons (Fsp3) is 0.267. The summed E-state index contributed by atoms with van der Waals surface area (Å²) in [7, 11) is 0. The van der Waals surface area contributed by atoms with Crippen LogP contribution in [0.3, 0.4) is 0 Å². The highest BCUT2D eigenvalue weighted by Gasteiger charge is 2.30. The third-order valence-electron chi connectivity index (χ3n) is 2.74. The Morgan fingerprint density at radius 3 is 2.21 bits per heavy atom. The van der Waals surface area contributed by atoms with Gasteiger partial charge in [0.15, 0.2) is 0 Å². The van der Waals surface area contributed by atoms with Crippen molar-refractivity contribution in [2.75, 3.05) is 0 Å². The lowest BCUT2D eigenvalue weighted by Gasteiger charge is -2.20. The van der Waals surface area contributed by atoms with Gasteiger partial charge in [0.05, 0.1) is 5.41 Å². The van der Waals surface area contributed by atoms with Crippen molar-refractivity contribution in [2.24, 2.45) is 5.41 Å². The maximum Gasteiger partial charge on any atom is 0.316 e. The first-order valence-corrected chi connectivity index (χ1v) is 5.93. The van der Waals surface area contributed by atoms with Gasteiger partial charge in [0.1, 0.15) is 5.76 Å². The van der Waals surface area contributed by atoms with Gasteiger partial charge >= 0.3 is 5.97 Å². The molecule has 4 heteroatoms. The maximum atomic E-state index is 11.9. The smallest absolute Gasteiger partial charge is 0.316 e. The molecular weight excluding hydrogens is 244 g/mol. The van der Waals surface area contributed by atoms with Crippen molar-refractivity contribution < 1.29 is 19.1 Å². The van der Waals surface area contributed by atoms with Crippen molar-refractivity contribution in [1.29, 1.82) is 0 Å². The molecule has 0 heterocycles. The van der Waals surface area contributed by atoms with Crippen LogP contribution in [0.4, 0.5) is 0 Å². The van der Waals surface area contributed by atoms with Gasteiger partial charge in [0.2, 0.25) is 11.6 Å². The molecule has 0 saturated heterocycles. The summed E-state index contributed by atoms with van der Waals surface area (Å²) in [5.41, 5.74) is 0.0664. The molecule has 1 aliphatic carbocycles. The van der Waals surface area contributed by atoms with E-state index in [1.165, 1.54) is 0 Å². The van der Waals surface area contributed by atoms with Gasteiger partial charge in [-0.05, 0) is 20.8 Å². The molecule has 0 aliphatic heterocycles. The molecule has 0 saturated carbocycles.